The third-order valence-electron chi connectivity index (χ3n) is 5.69. The van der Waals surface area contributed by atoms with Crippen molar-refractivity contribution in [1.82, 2.24) is 10.6 Å². The van der Waals surface area contributed by atoms with Gasteiger partial charge in [0.15, 0.2) is 0 Å². The van der Waals surface area contributed by atoms with E-state index in [1.807, 2.05) is 7.05 Å². The first-order valence-electron chi connectivity index (χ1n) is 8.61. The molecule has 2 N–H and O–H groups in total. The molecule has 0 saturated heterocycles. The van der Waals surface area contributed by atoms with Crippen LogP contribution >= 0.6 is 0 Å². The first-order valence-corrected chi connectivity index (χ1v) is 8.61. The van der Waals surface area contributed by atoms with Crippen molar-refractivity contribution in [2.24, 2.45) is 11.8 Å². The Morgan fingerprint density at radius 3 is 2.45 bits per heavy atom. The second kappa shape index (κ2) is 7.44. The Labute approximate surface area is 124 Å². The third-order valence-corrected chi connectivity index (χ3v) is 5.69. The van der Waals surface area contributed by atoms with E-state index in [0.717, 1.165) is 25.3 Å². The lowest BCUT2D eigenvalue weighted by atomic mass is 9.78. The molecule has 0 radical (unpaired) electrons. The first kappa shape index (κ1) is 15.8. The molecule has 0 spiro atoms. The van der Waals surface area contributed by atoms with Gasteiger partial charge >= 0.3 is 0 Å². The Balaban J connectivity index is 1.76. The zero-order valence-electron chi connectivity index (χ0n) is 13.3. The molecule has 2 rings (SSSR count). The summed E-state index contributed by atoms with van der Waals surface area (Å²) in [6.45, 7) is 3.23. The van der Waals surface area contributed by atoms with Crippen molar-refractivity contribution >= 4 is 5.91 Å². The molecule has 2 saturated carbocycles. The van der Waals surface area contributed by atoms with E-state index in [-0.39, 0.29) is 11.4 Å². The number of hydrogen-bond donors (Lipinski definition) is 2. The van der Waals surface area contributed by atoms with Crippen LogP contribution in [-0.4, -0.2) is 25.0 Å². The van der Waals surface area contributed by atoms with Crippen molar-refractivity contribution in [2.45, 2.75) is 76.7 Å². The van der Waals surface area contributed by atoms with E-state index in [9.17, 15) is 4.79 Å². The molecule has 0 aromatic heterocycles. The molecule has 0 heterocycles. The van der Waals surface area contributed by atoms with Gasteiger partial charge in [-0.3, -0.25) is 4.79 Å². The monoisotopic (exact) mass is 280 g/mol. The fourth-order valence-electron chi connectivity index (χ4n) is 4.05. The van der Waals surface area contributed by atoms with Gasteiger partial charge in [0.25, 0.3) is 0 Å². The van der Waals surface area contributed by atoms with Gasteiger partial charge in [0.05, 0.1) is 0 Å². The van der Waals surface area contributed by atoms with E-state index < -0.39 is 0 Å². The predicted octanol–water partition coefficient (Wildman–Crippen LogP) is 3.24. The highest BCUT2D eigenvalue weighted by Gasteiger charge is 2.32. The smallest absolute Gasteiger partial charge is 0.221 e. The van der Waals surface area contributed by atoms with Gasteiger partial charge in [0, 0.05) is 18.5 Å². The summed E-state index contributed by atoms with van der Waals surface area (Å²) in [5, 5.41) is 6.64. The van der Waals surface area contributed by atoms with Crippen LogP contribution in [0.3, 0.4) is 0 Å². The Kier molecular flexibility index (Phi) is 5.88. The summed E-state index contributed by atoms with van der Waals surface area (Å²) in [4.78, 5) is 12.3. The van der Waals surface area contributed by atoms with Crippen LogP contribution in [0.15, 0.2) is 0 Å². The predicted molar refractivity (Wildman–Crippen MR) is 83.6 cm³/mol. The molecule has 2 aliphatic carbocycles. The zero-order valence-corrected chi connectivity index (χ0v) is 13.3. The van der Waals surface area contributed by atoms with Gasteiger partial charge in [-0.05, 0) is 38.1 Å². The van der Waals surface area contributed by atoms with Crippen LogP contribution in [0.5, 0.6) is 0 Å². The van der Waals surface area contributed by atoms with Gasteiger partial charge in [-0.15, -0.1) is 0 Å². The molecule has 2 aliphatic rings. The summed E-state index contributed by atoms with van der Waals surface area (Å²) in [5.41, 5.74) is 0.0700. The third kappa shape index (κ3) is 4.21. The molecule has 1 amide bonds. The Morgan fingerprint density at radius 2 is 1.80 bits per heavy atom. The molecule has 2 fully saturated rings. The molecule has 0 aromatic carbocycles. The minimum atomic E-state index is 0.0700. The number of amides is 1. The van der Waals surface area contributed by atoms with E-state index in [1.165, 1.54) is 44.9 Å². The Morgan fingerprint density at radius 1 is 1.10 bits per heavy atom. The maximum atomic E-state index is 12.3. The van der Waals surface area contributed by atoms with E-state index in [4.69, 9.17) is 0 Å². The number of nitrogens with one attached hydrogen (secondary N) is 2. The second-order valence-electron chi connectivity index (χ2n) is 7.09. The number of carbonyl (C=O) groups excluding carboxylic acids is 1. The van der Waals surface area contributed by atoms with Gasteiger partial charge in [-0.25, -0.2) is 0 Å². The summed E-state index contributed by atoms with van der Waals surface area (Å²) in [7, 11) is 2.02. The lowest BCUT2D eigenvalue weighted by Gasteiger charge is -2.37. The molecular weight excluding hydrogens is 248 g/mol. The molecule has 116 valence electrons. The average Bonchev–Trinajstić information content (AvgIpc) is 2.47. The molecule has 0 aromatic rings. The fraction of sp³-hybridized carbons (Fsp3) is 0.941. The van der Waals surface area contributed by atoms with Crippen LogP contribution in [0.1, 0.15) is 71.1 Å². The maximum Gasteiger partial charge on any atom is 0.221 e. The molecule has 2 atom stereocenters. The minimum Gasteiger partial charge on any atom is -0.356 e. The zero-order chi connectivity index (χ0) is 14.4. The maximum absolute atomic E-state index is 12.3. The van der Waals surface area contributed by atoms with Gasteiger partial charge in [0.2, 0.25) is 5.91 Å². The molecule has 2 unspecified atom stereocenters. The quantitative estimate of drug-likeness (QED) is 0.811. The van der Waals surface area contributed by atoms with Gasteiger partial charge in [0.1, 0.15) is 0 Å². The Hall–Kier alpha value is -0.570. The summed E-state index contributed by atoms with van der Waals surface area (Å²) in [5.74, 6) is 1.72. The lowest BCUT2D eigenvalue weighted by molar-refractivity contribution is -0.123. The van der Waals surface area contributed by atoms with Gasteiger partial charge < -0.3 is 10.6 Å². The summed E-state index contributed by atoms with van der Waals surface area (Å²) in [6.07, 6.45) is 12.1. The summed E-state index contributed by atoms with van der Waals surface area (Å²) < 4.78 is 0. The van der Waals surface area contributed by atoms with Crippen LogP contribution in [0, 0.1) is 11.8 Å². The van der Waals surface area contributed by atoms with Gasteiger partial charge in [-0.1, -0.05) is 45.4 Å². The van der Waals surface area contributed by atoms with Gasteiger partial charge in [-0.2, -0.15) is 0 Å². The van der Waals surface area contributed by atoms with E-state index in [1.54, 1.807) is 0 Å². The van der Waals surface area contributed by atoms with Crippen LogP contribution in [0.25, 0.3) is 0 Å². The summed E-state index contributed by atoms with van der Waals surface area (Å²) in [6, 6.07) is 0. The number of hydrogen-bond acceptors (Lipinski definition) is 2. The lowest BCUT2D eigenvalue weighted by Crippen LogP contribution is -2.48. The molecule has 3 heteroatoms. The topological polar surface area (TPSA) is 41.1 Å². The van der Waals surface area contributed by atoms with Crippen LogP contribution in [-0.2, 0) is 4.79 Å². The average molecular weight is 280 g/mol. The summed E-state index contributed by atoms with van der Waals surface area (Å²) >= 11 is 0. The molecular formula is C17H32N2O. The SMILES string of the molecule is CNC1(CC(=O)NCC2CCCCC2C)CCCCC1. The normalized spacial score (nSPS) is 29.9. The van der Waals surface area contributed by atoms with Crippen LogP contribution in [0.4, 0.5) is 0 Å². The Bertz CT molecular complexity index is 310. The second-order valence-corrected chi connectivity index (χ2v) is 7.09. The standard InChI is InChI=1S/C17H32N2O/c1-14-8-4-5-9-15(14)13-19-16(20)12-17(18-2)10-6-3-7-11-17/h14-15,18H,3-13H2,1-2H3,(H,19,20). The number of rotatable bonds is 5. The molecule has 20 heavy (non-hydrogen) atoms. The highest BCUT2D eigenvalue weighted by Crippen LogP contribution is 2.31. The van der Waals surface area contributed by atoms with Crippen LogP contribution < -0.4 is 10.6 Å². The fourth-order valence-corrected chi connectivity index (χ4v) is 4.05. The first-order chi connectivity index (χ1) is 9.65. The van der Waals surface area contributed by atoms with Crippen molar-refractivity contribution in [3.05, 3.63) is 0 Å². The van der Waals surface area contributed by atoms with Crippen molar-refractivity contribution < 1.29 is 4.79 Å². The highest BCUT2D eigenvalue weighted by molar-refractivity contribution is 5.77. The van der Waals surface area contributed by atoms with Crippen LogP contribution in [0.2, 0.25) is 0 Å². The highest BCUT2D eigenvalue weighted by atomic mass is 16.1. The minimum absolute atomic E-state index is 0.0700. The molecule has 0 aliphatic heterocycles. The van der Waals surface area contributed by atoms with Crippen molar-refractivity contribution in [2.75, 3.05) is 13.6 Å². The van der Waals surface area contributed by atoms with E-state index >= 15 is 0 Å². The van der Waals surface area contributed by atoms with E-state index in [2.05, 4.69) is 17.6 Å². The van der Waals surface area contributed by atoms with E-state index in [0.29, 0.717) is 12.3 Å². The van der Waals surface area contributed by atoms with Crippen molar-refractivity contribution in [3.63, 3.8) is 0 Å². The molecule has 3 nitrogen and oxygen atoms in total. The number of carbonyl (C=O) groups is 1. The van der Waals surface area contributed by atoms with Crippen molar-refractivity contribution in [1.29, 1.82) is 0 Å². The largest absolute Gasteiger partial charge is 0.356 e. The van der Waals surface area contributed by atoms with Crippen molar-refractivity contribution in [3.8, 4) is 0 Å². The molecule has 0 bridgehead atoms.